The largest absolute Gasteiger partial charge is 0.383 e. The minimum Gasteiger partial charge on any atom is -0.383 e. The second-order valence-corrected chi connectivity index (χ2v) is 4.48. The Morgan fingerprint density at radius 3 is 2.60 bits per heavy atom. The predicted octanol–water partition coefficient (Wildman–Crippen LogP) is 2.72. The number of rotatable bonds is 3. The lowest BCUT2D eigenvalue weighted by molar-refractivity contribution is 0.102. The number of aromatic nitrogens is 1. The van der Waals surface area contributed by atoms with E-state index in [9.17, 15) is 14.0 Å². The van der Waals surface area contributed by atoms with Crippen LogP contribution >= 0.6 is 11.6 Å². The van der Waals surface area contributed by atoms with Crippen LogP contribution in [0.1, 0.15) is 31.8 Å². The van der Waals surface area contributed by atoms with E-state index in [1.54, 1.807) is 0 Å². The van der Waals surface area contributed by atoms with Crippen molar-refractivity contribution in [3.05, 3.63) is 58.5 Å². The summed E-state index contributed by atoms with van der Waals surface area (Å²) in [5.74, 6) is -1.17. The first-order chi connectivity index (χ1) is 9.43. The highest BCUT2D eigenvalue weighted by Gasteiger charge is 2.22. The first kappa shape index (κ1) is 14.1. The van der Waals surface area contributed by atoms with Crippen molar-refractivity contribution in [3.63, 3.8) is 0 Å². The summed E-state index contributed by atoms with van der Waals surface area (Å²) in [5.41, 5.74) is 5.75. The van der Waals surface area contributed by atoms with Crippen LogP contribution in [0.25, 0.3) is 0 Å². The molecule has 0 fully saturated rings. The third kappa shape index (κ3) is 2.40. The third-order valence-electron chi connectivity index (χ3n) is 2.93. The number of hydrogen-bond donors (Lipinski definition) is 1. The molecule has 0 radical (unpaired) electrons. The molecule has 1 aromatic carbocycles. The summed E-state index contributed by atoms with van der Waals surface area (Å²) in [6, 6.07) is 5.47. The number of anilines is 1. The van der Waals surface area contributed by atoms with Crippen LogP contribution in [0.2, 0.25) is 0 Å². The van der Waals surface area contributed by atoms with Crippen molar-refractivity contribution in [2.75, 3.05) is 5.73 Å². The Balaban J connectivity index is 2.63. The summed E-state index contributed by atoms with van der Waals surface area (Å²) in [4.78, 5) is 27.6. The molecule has 0 aliphatic heterocycles. The Bertz CT molecular complexity index is 716. The molecular formula is C14H10ClFN2O2. The number of nitrogens with two attached hydrogens (primary N) is 1. The number of nitrogens with zero attached hydrogens (tertiary/aromatic N) is 1. The van der Waals surface area contributed by atoms with Crippen LogP contribution in [0.15, 0.2) is 30.5 Å². The molecule has 0 aliphatic rings. The van der Waals surface area contributed by atoms with Crippen molar-refractivity contribution in [3.8, 4) is 0 Å². The average molecular weight is 293 g/mol. The van der Waals surface area contributed by atoms with Crippen molar-refractivity contribution >= 4 is 28.4 Å². The van der Waals surface area contributed by atoms with Gasteiger partial charge < -0.3 is 5.73 Å². The van der Waals surface area contributed by atoms with Crippen molar-refractivity contribution in [2.24, 2.45) is 0 Å². The predicted molar refractivity (Wildman–Crippen MR) is 73.4 cm³/mol. The van der Waals surface area contributed by atoms with E-state index in [-0.39, 0.29) is 28.1 Å². The molecule has 2 aromatic rings. The van der Waals surface area contributed by atoms with Gasteiger partial charge in [-0.25, -0.2) is 9.37 Å². The fourth-order valence-electron chi connectivity index (χ4n) is 1.87. The lowest BCUT2D eigenvalue weighted by Gasteiger charge is -2.09. The molecule has 0 spiro atoms. The smallest absolute Gasteiger partial charge is 0.256 e. The first-order valence-electron chi connectivity index (χ1n) is 5.67. The molecule has 0 amide bonds. The van der Waals surface area contributed by atoms with Gasteiger partial charge in [0.2, 0.25) is 0 Å². The number of nitrogen functional groups attached to an aromatic ring is 1. The highest BCUT2D eigenvalue weighted by molar-refractivity contribution is 6.68. The Hall–Kier alpha value is -2.27. The van der Waals surface area contributed by atoms with Gasteiger partial charge in [-0.05, 0) is 36.2 Å². The number of hydrogen-bond acceptors (Lipinski definition) is 4. The highest BCUT2D eigenvalue weighted by Crippen LogP contribution is 2.22. The summed E-state index contributed by atoms with van der Waals surface area (Å²) < 4.78 is 13.5. The van der Waals surface area contributed by atoms with Crippen molar-refractivity contribution in [1.29, 1.82) is 0 Å². The molecule has 0 saturated carbocycles. The second-order valence-electron chi connectivity index (χ2n) is 4.13. The topological polar surface area (TPSA) is 73.1 Å². The van der Waals surface area contributed by atoms with Gasteiger partial charge in [0.1, 0.15) is 11.6 Å². The number of ketones is 1. The van der Waals surface area contributed by atoms with E-state index >= 15 is 0 Å². The van der Waals surface area contributed by atoms with E-state index in [1.807, 2.05) is 0 Å². The van der Waals surface area contributed by atoms with E-state index in [1.165, 1.54) is 37.4 Å². The summed E-state index contributed by atoms with van der Waals surface area (Å²) >= 11 is 5.43. The molecule has 0 saturated heterocycles. The molecule has 0 unspecified atom stereocenters. The first-order valence-corrected chi connectivity index (χ1v) is 6.05. The Morgan fingerprint density at radius 1 is 1.25 bits per heavy atom. The van der Waals surface area contributed by atoms with E-state index < -0.39 is 16.8 Å². The molecule has 0 aliphatic carbocycles. The van der Waals surface area contributed by atoms with Crippen LogP contribution in [-0.2, 0) is 0 Å². The summed E-state index contributed by atoms with van der Waals surface area (Å²) in [6.45, 7) is 1.48. The van der Waals surface area contributed by atoms with Crippen LogP contribution < -0.4 is 5.73 Å². The van der Waals surface area contributed by atoms with Gasteiger partial charge >= 0.3 is 0 Å². The number of benzene rings is 1. The zero-order valence-electron chi connectivity index (χ0n) is 10.5. The zero-order chi connectivity index (χ0) is 14.9. The molecule has 20 heavy (non-hydrogen) atoms. The van der Waals surface area contributed by atoms with Gasteiger partial charge in [0.25, 0.3) is 5.24 Å². The van der Waals surface area contributed by atoms with Gasteiger partial charge in [-0.15, -0.1) is 0 Å². The maximum Gasteiger partial charge on any atom is 0.256 e. The minimum atomic E-state index is -0.881. The third-order valence-corrected chi connectivity index (χ3v) is 3.12. The molecule has 2 rings (SSSR count). The summed E-state index contributed by atoms with van der Waals surface area (Å²) in [5, 5.41) is -0.881. The number of carbonyl (C=O) groups excluding carboxylic acids is 2. The maximum absolute atomic E-state index is 13.5. The van der Waals surface area contributed by atoms with Crippen molar-refractivity contribution in [2.45, 2.75) is 6.92 Å². The maximum atomic E-state index is 13.5. The van der Waals surface area contributed by atoms with Crippen LogP contribution in [0, 0.1) is 12.7 Å². The Kier molecular flexibility index (Phi) is 3.81. The highest BCUT2D eigenvalue weighted by atomic mass is 35.5. The van der Waals surface area contributed by atoms with Gasteiger partial charge in [-0.1, -0.05) is 12.1 Å². The van der Waals surface area contributed by atoms with Crippen LogP contribution in [0.5, 0.6) is 0 Å². The second kappa shape index (κ2) is 5.38. The quantitative estimate of drug-likeness (QED) is 0.697. The monoisotopic (exact) mass is 292 g/mol. The van der Waals surface area contributed by atoms with E-state index in [0.29, 0.717) is 0 Å². The van der Waals surface area contributed by atoms with E-state index in [0.717, 1.165) is 0 Å². The normalized spacial score (nSPS) is 10.3. The van der Waals surface area contributed by atoms with Gasteiger partial charge in [0, 0.05) is 17.3 Å². The molecule has 1 heterocycles. The van der Waals surface area contributed by atoms with E-state index in [2.05, 4.69) is 4.98 Å². The number of carbonyl (C=O) groups is 2. The fourth-order valence-corrected chi connectivity index (χ4v) is 2.07. The van der Waals surface area contributed by atoms with Gasteiger partial charge in [0.15, 0.2) is 5.78 Å². The summed E-state index contributed by atoms with van der Waals surface area (Å²) in [6.07, 6.45) is 1.29. The zero-order valence-corrected chi connectivity index (χ0v) is 11.2. The molecule has 6 heteroatoms. The van der Waals surface area contributed by atoms with Gasteiger partial charge in [-0.3, -0.25) is 9.59 Å². The van der Waals surface area contributed by atoms with Crippen molar-refractivity contribution < 1.29 is 14.0 Å². The van der Waals surface area contributed by atoms with Crippen LogP contribution in [0.4, 0.5) is 10.2 Å². The molecular weight excluding hydrogens is 283 g/mol. The van der Waals surface area contributed by atoms with Crippen molar-refractivity contribution in [1.82, 2.24) is 4.98 Å². The lowest BCUT2D eigenvalue weighted by atomic mass is 9.96. The molecule has 2 N–H and O–H groups in total. The molecule has 1 aromatic heterocycles. The molecule has 0 bridgehead atoms. The lowest BCUT2D eigenvalue weighted by Crippen LogP contribution is -2.12. The van der Waals surface area contributed by atoms with Crippen LogP contribution in [0.3, 0.4) is 0 Å². The molecule has 4 nitrogen and oxygen atoms in total. The fraction of sp³-hybridized carbons (Fsp3) is 0.0714. The summed E-state index contributed by atoms with van der Waals surface area (Å²) in [7, 11) is 0. The SMILES string of the molecule is Cc1c(F)cccc1C(=O)c1ccnc(N)c1C(=O)Cl. The number of halogens is 2. The standard InChI is InChI=1S/C14H10ClFN2O2/c1-7-8(3-2-4-10(7)16)12(19)9-5-6-18-14(17)11(9)13(15)20/h2-6H,1H3,(H2,17,18). The average Bonchev–Trinajstić information content (AvgIpc) is 2.40. The molecule has 102 valence electrons. The van der Waals surface area contributed by atoms with Crippen LogP contribution in [-0.4, -0.2) is 16.0 Å². The minimum absolute atomic E-state index is 0.00574. The number of pyridine rings is 1. The Morgan fingerprint density at radius 2 is 1.95 bits per heavy atom. The molecule has 0 atom stereocenters. The Labute approximate surface area is 119 Å². The van der Waals surface area contributed by atoms with E-state index in [4.69, 9.17) is 17.3 Å². The van der Waals surface area contributed by atoms with Gasteiger partial charge in [-0.2, -0.15) is 0 Å². The van der Waals surface area contributed by atoms with Gasteiger partial charge in [0.05, 0.1) is 5.56 Å².